The Morgan fingerprint density at radius 2 is 1.93 bits per heavy atom. The lowest BCUT2D eigenvalue weighted by Crippen LogP contribution is -1.80. The van der Waals surface area contributed by atoms with Crippen LogP contribution in [0.5, 0.6) is 0 Å². The molecule has 0 aliphatic rings. The van der Waals surface area contributed by atoms with Crippen LogP contribution >= 0.6 is 22.6 Å². The lowest BCUT2D eigenvalue weighted by atomic mass is 10.1. The molecule has 0 N–H and O–H groups in total. The SMILES string of the molecule is O=[C]CC/C=C/Cc1ccc(I)cc1. The standard InChI is InChI=1S/C12H12IO/c13-12-8-6-11(7-9-12)5-3-1-2-4-10-14/h1,3,6-9H,2,4-5H2/b3-1+. The number of hydrogen-bond acceptors (Lipinski definition) is 1. The Bertz CT molecular complexity index is 301. The Hall–Kier alpha value is -0.640. The van der Waals surface area contributed by atoms with Crippen molar-refractivity contribution in [3.05, 3.63) is 45.6 Å². The molecule has 0 bridgehead atoms. The largest absolute Gasteiger partial charge is 0.291 e. The van der Waals surface area contributed by atoms with Gasteiger partial charge in [-0.15, -0.1) is 0 Å². The van der Waals surface area contributed by atoms with Crippen molar-refractivity contribution in [2.45, 2.75) is 19.3 Å². The lowest BCUT2D eigenvalue weighted by molar-refractivity contribution is 0.552. The van der Waals surface area contributed by atoms with Crippen LogP contribution in [-0.4, -0.2) is 6.29 Å². The fourth-order valence-corrected chi connectivity index (χ4v) is 1.46. The highest BCUT2D eigenvalue weighted by Crippen LogP contribution is 2.07. The Labute approximate surface area is 98.4 Å². The molecule has 73 valence electrons. The Kier molecular flexibility index (Phi) is 5.52. The lowest BCUT2D eigenvalue weighted by Gasteiger charge is -1.95. The predicted molar refractivity (Wildman–Crippen MR) is 66.9 cm³/mol. The monoisotopic (exact) mass is 299 g/mol. The Morgan fingerprint density at radius 1 is 1.21 bits per heavy atom. The minimum atomic E-state index is 0.503. The number of hydrogen-bond donors (Lipinski definition) is 0. The van der Waals surface area contributed by atoms with Crippen molar-refractivity contribution >= 4 is 28.9 Å². The van der Waals surface area contributed by atoms with Crippen LogP contribution in [-0.2, 0) is 11.2 Å². The van der Waals surface area contributed by atoms with Gasteiger partial charge in [-0.25, -0.2) is 0 Å². The van der Waals surface area contributed by atoms with Crippen molar-refractivity contribution in [3.8, 4) is 0 Å². The second kappa shape index (κ2) is 6.76. The van der Waals surface area contributed by atoms with E-state index in [0.717, 1.165) is 12.8 Å². The molecule has 1 rings (SSSR count). The quantitative estimate of drug-likeness (QED) is 0.463. The highest BCUT2D eigenvalue weighted by atomic mass is 127. The first-order valence-corrected chi connectivity index (χ1v) is 5.65. The van der Waals surface area contributed by atoms with Gasteiger partial charge in [0.15, 0.2) is 6.29 Å². The molecular formula is C12H12IO. The summed E-state index contributed by atoms with van der Waals surface area (Å²) < 4.78 is 1.26. The van der Waals surface area contributed by atoms with Gasteiger partial charge < -0.3 is 0 Å². The summed E-state index contributed by atoms with van der Waals surface area (Å²) >= 11 is 2.29. The van der Waals surface area contributed by atoms with Crippen LogP contribution in [0.4, 0.5) is 0 Å². The second-order valence-electron chi connectivity index (χ2n) is 2.99. The van der Waals surface area contributed by atoms with Gasteiger partial charge in [0, 0.05) is 9.99 Å². The molecule has 0 unspecified atom stereocenters. The summed E-state index contributed by atoms with van der Waals surface area (Å²) in [5.41, 5.74) is 1.30. The second-order valence-corrected chi connectivity index (χ2v) is 4.23. The van der Waals surface area contributed by atoms with Crippen LogP contribution in [0, 0.1) is 3.57 Å². The van der Waals surface area contributed by atoms with Crippen molar-refractivity contribution in [1.29, 1.82) is 0 Å². The molecule has 2 heteroatoms. The number of halogens is 1. The summed E-state index contributed by atoms with van der Waals surface area (Å²) in [6, 6.07) is 8.45. The molecule has 0 atom stereocenters. The van der Waals surface area contributed by atoms with Gasteiger partial charge in [-0.2, -0.15) is 0 Å². The van der Waals surface area contributed by atoms with Gasteiger partial charge in [-0.05, 0) is 53.1 Å². The zero-order valence-electron chi connectivity index (χ0n) is 7.87. The van der Waals surface area contributed by atoms with E-state index in [1.807, 2.05) is 12.4 Å². The first-order chi connectivity index (χ1) is 6.83. The van der Waals surface area contributed by atoms with Crippen LogP contribution in [0.1, 0.15) is 18.4 Å². The van der Waals surface area contributed by atoms with Crippen molar-refractivity contribution in [2.24, 2.45) is 0 Å². The Morgan fingerprint density at radius 3 is 2.57 bits per heavy atom. The maximum Gasteiger partial charge on any atom is 0.198 e. The van der Waals surface area contributed by atoms with Crippen molar-refractivity contribution in [1.82, 2.24) is 0 Å². The highest BCUT2D eigenvalue weighted by molar-refractivity contribution is 14.1. The molecule has 0 amide bonds. The Balaban J connectivity index is 2.34. The third-order valence-corrected chi connectivity index (χ3v) is 2.57. The van der Waals surface area contributed by atoms with E-state index in [4.69, 9.17) is 0 Å². The molecule has 1 nitrogen and oxygen atoms in total. The average molecular weight is 299 g/mol. The molecule has 1 aromatic rings. The van der Waals surface area contributed by atoms with E-state index in [9.17, 15) is 4.79 Å². The van der Waals surface area contributed by atoms with Gasteiger partial charge in [0.05, 0.1) is 0 Å². The van der Waals surface area contributed by atoms with Gasteiger partial charge in [-0.1, -0.05) is 24.3 Å². The minimum absolute atomic E-state index is 0.503. The summed E-state index contributed by atoms with van der Waals surface area (Å²) in [5.74, 6) is 0. The number of carbonyl (C=O) groups excluding carboxylic acids is 1. The normalized spacial score (nSPS) is 10.6. The van der Waals surface area contributed by atoms with E-state index in [0.29, 0.717) is 6.42 Å². The third-order valence-electron chi connectivity index (χ3n) is 1.85. The maximum atomic E-state index is 9.92. The summed E-state index contributed by atoms with van der Waals surface area (Å²) in [7, 11) is 0. The molecule has 0 aliphatic heterocycles. The molecular weight excluding hydrogens is 287 g/mol. The maximum absolute atomic E-state index is 9.92. The topological polar surface area (TPSA) is 17.1 Å². The van der Waals surface area contributed by atoms with Gasteiger partial charge >= 0.3 is 0 Å². The molecule has 14 heavy (non-hydrogen) atoms. The van der Waals surface area contributed by atoms with E-state index in [1.54, 1.807) is 0 Å². The summed E-state index contributed by atoms with van der Waals surface area (Å²) in [5, 5.41) is 0. The smallest absolute Gasteiger partial charge is 0.198 e. The fourth-order valence-electron chi connectivity index (χ4n) is 1.10. The van der Waals surface area contributed by atoms with Gasteiger partial charge in [0.1, 0.15) is 0 Å². The molecule has 1 radical (unpaired) electrons. The predicted octanol–water partition coefficient (Wildman–Crippen LogP) is 3.28. The number of allylic oxidation sites excluding steroid dienone is 2. The summed E-state index contributed by atoms with van der Waals surface area (Å²) in [6.07, 6.45) is 8.24. The van der Waals surface area contributed by atoms with E-state index >= 15 is 0 Å². The minimum Gasteiger partial charge on any atom is -0.291 e. The van der Waals surface area contributed by atoms with Crippen LogP contribution in [0.25, 0.3) is 0 Å². The van der Waals surface area contributed by atoms with E-state index in [1.165, 1.54) is 9.13 Å². The molecule has 0 aromatic heterocycles. The highest BCUT2D eigenvalue weighted by Gasteiger charge is 1.89. The molecule has 0 aliphatic carbocycles. The average Bonchev–Trinajstić information content (AvgIpc) is 2.21. The van der Waals surface area contributed by atoms with Crippen LogP contribution in [0.2, 0.25) is 0 Å². The molecule has 0 saturated heterocycles. The van der Waals surface area contributed by atoms with Crippen LogP contribution < -0.4 is 0 Å². The summed E-state index contributed by atoms with van der Waals surface area (Å²) in [6.45, 7) is 0. The molecule has 0 spiro atoms. The van der Waals surface area contributed by atoms with Crippen LogP contribution in [0.15, 0.2) is 36.4 Å². The van der Waals surface area contributed by atoms with Gasteiger partial charge in [0.25, 0.3) is 0 Å². The molecule has 0 heterocycles. The third kappa shape index (κ3) is 4.56. The zero-order chi connectivity index (χ0) is 10.2. The van der Waals surface area contributed by atoms with Crippen molar-refractivity contribution < 1.29 is 4.79 Å². The van der Waals surface area contributed by atoms with Crippen molar-refractivity contribution in [2.75, 3.05) is 0 Å². The molecule has 0 fully saturated rings. The van der Waals surface area contributed by atoms with Crippen molar-refractivity contribution in [3.63, 3.8) is 0 Å². The number of rotatable bonds is 5. The fraction of sp³-hybridized carbons (Fsp3) is 0.250. The van der Waals surface area contributed by atoms with E-state index in [2.05, 4.69) is 52.9 Å². The van der Waals surface area contributed by atoms with Gasteiger partial charge in [0.2, 0.25) is 0 Å². The molecule has 0 saturated carbocycles. The van der Waals surface area contributed by atoms with E-state index < -0.39 is 0 Å². The number of unbranched alkanes of at least 4 members (excludes halogenated alkanes) is 1. The summed E-state index contributed by atoms with van der Waals surface area (Å²) in [4.78, 5) is 9.92. The number of benzene rings is 1. The van der Waals surface area contributed by atoms with Crippen LogP contribution in [0.3, 0.4) is 0 Å². The van der Waals surface area contributed by atoms with Gasteiger partial charge in [-0.3, -0.25) is 4.79 Å². The first-order valence-electron chi connectivity index (χ1n) is 4.57. The zero-order valence-corrected chi connectivity index (χ0v) is 10.0. The first kappa shape index (κ1) is 11.4. The molecule has 1 aromatic carbocycles. The van der Waals surface area contributed by atoms with E-state index in [-0.39, 0.29) is 0 Å².